The Morgan fingerprint density at radius 3 is 1.19 bits per heavy atom. The maximum atomic E-state index is 10.7. The van der Waals surface area contributed by atoms with Crippen LogP contribution in [-0.2, 0) is 9.59 Å². The molecule has 3 rings (SSSR count). The maximum Gasteiger partial charge on any atom is 0.335 e. The van der Waals surface area contributed by atoms with Gasteiger partial charge >= 0.3 is 23.9 Å². The Kier molecular flexibility index (Phi) is 8.29. The minimum absolute atomic E-state index is 0.243. The molecule has 0 bridgehead atoms. The molecule has 0 heterocycles. The van der Waals surface area contributed by atoms with Crippen molar-refractivity contribution in [3.63, 3.8) is 0 Å². The second-order valence-corrected chi connectivity index (χ2v) is 7.44. The topological polar surface area (TPSA) is 149 Å². The van der Waals surface area contributed by atoms with Gasteiger partial charge in [0.05, 0.1) is 11.1 Å². The van der Waals surface area contributed by atoms with Gasteiger partial charge in [0.15, 0.2) is 5.41 Å². The van der Waals surface area contributed by atoms with Crippen molar-refractivity contribution in [1.82, 2.24) is 0 Å². The van der Waals surface area contributed by atoms with Crippen molar-refractivity contribution in [3.8, 4) is 0 Å². The monoisotopic (exact) mass is 440 g/mol. The first-order valence-corrected chi connectivity index (χ1v) is 9.97. The number of aromatic carboxylic acids is 2. The van der Waals surface area contributed by atoms with Crippen LogP contribution in [0, 0.1) is 5.41 Å². The van der Waals surface area contributed by atoms with Crippen LogP contribution in [0.3, 0.4) is 0 Å². The first-order valence-electron chi connectivity index (χ1n) is 9.97. The van der Waals surface area contributed by atoms with E-state index in [1.54, 1.807) is 24.3 Å². The van der Waals surface area contributed by atoms with Crippen molar-refractivity contribution in [3.05, 3.63) is 70.8 Å². The summed E-state index contributed by atoms with van der Waals surface area (Å²) in [6.45, 7) is 0. The fraction of sp³-hybridized carbons (Fsp3) is 0.250. The summed E-state index contributed by atoms with van der Waals surface area (Å²) in [4.78, 5) is 42.9. The molecule has 0 aromatic heterocycles. The minimum Gasteiger partial charge on any atom is -0.480 e. The van der Waals surface area contributed by atoms with Crippen molar-refractivity contribution in [2.45, 2.75) is 32.1 Å². The Balaban J connectivity index is 0.000000258. The highest BCUT2D eigenvalue weighted by Gasteiger charge is 2.46. The van der Waals surface area contributed by atoms with Gasteiger partial charge < -0.3 is 20.4 Å². The second kappa shape index (κ2) is 10.9. The Morgan fingerprint density at radius 2 is 0.938 bits per heavy atom. The molecule has 1 saturated carbocycles. The molecule has 1 aliphatic carbocycles. The summed E-state index contributed by atoms with van der Waals surface area (Å²) < 4.78 is 0. The Morgan fingerprint density at radius 1 is 0.594 bits per heavy atom. The normalized spacial score (nSPS) is 14.8. The van der Waals surface area contributed by atoms with Crippen molar-refractivity contribution < 1.29 is 39.6 Å². The fourth-order valence-corrected chi connectivity index (χ4v) is 3.34. The molecule has 8 nitrogen and oxygen atoms in total. The molecule has 168 valence electrons. The largest absolute Gasteiger partial charge is 0.480 e. The van der Waals surface area contributed by atoms with E-state index in [-0.39, 0.29) is 24.0 Å². The number of carbonyl (C=O) groups is 4. The standard InChI is InChI=1S/C16H12O4.C8H12O4/c17-15(18)13-7-3-11(4-8-13)1-2-12-5-9-14(10-6-12)16(19)20;9-6(10)8(7(11)12)4-2-1-3-5-8/h1-10H,(H,17,18)(H,19,20);1-5H2,(H,9,10)(H,11,12)/b2-1+;. The van der Waals surface area contributed by atoms with Gasteiger partial charge in [-0.3, -0.25) is 9.59 Å². The Labute approximate surface area is 184 Å². The number of benzene rings is 2. The molecule has 8 heteroatoms. The van der Waals surface area contributed by atoms with Gasteiger partial charge in [0.25, 0.3) is 0 Å². The molecule has 32 heavy (non-hydrogen) atoms. The van der Waals surface area contributed by atoms with Gasteiger partial charge in [0.2, 0.25) is 0 Å². The quantitative estimate of drug-likeness (QED) is 0.382. The Hall–Kier alpha value is -3.94. The van der Waals surface area contributed by atoms with Gasteiger partial charge in [-0.25, -0.2) is 9.59 Å². The third kappa shape index (κ3) is 6.28. The summed E-state index contributed by atoms with van der Waals surface area (Å²) >= 11 is 0. The predicted molar refractivity (Wildman–Crippen MR) is 117 cm³/mol. The Bertz CT molecular complexity index is 922. The highest BCUT2D eigenvalue weighted by atomic mass is 16.4. The van der Waals surface area contributed by atoms with Crippen molar-refractivity contribution in [1.29, 1.82) is 0 Å². The zero-order valence-electron chi connectivity index (χ0n) is 17.2. The van der Waals surface area contributed by atoms with E-state index in [0.717, 1.165) is 17.5 Å². The lowest BCUT2D eigenvalue weighted by Crippen LogP contribution is -2.40. The summed E-state index contributed by atoms with van der Waals surface area (Å²) in [5, 5.41) is 35.1. The molecule has 0 spiro atoms. The summed E-state index contributed by atoms with van der Waals surface area (Å²) in [5.41, 5.74) is 0.744. The van der Waals surface area contributed by atoms with Gasteiger partial charge in [-0.2, -0.15) is 0 Å². The smallest absolute Gasteiger partial charge is 0.335 e. The van der Waals surface area contributed by atoms with Crippen LogP contribution in [0.2, 0.25) is 0 Å². The molecule has 1 fully saturated rings. The van der Waals surface area contributed by atoms with E-state index in [2.05, 4.69) is 0 Å². The molecule has 0 amide bonds. The summed E-state index contributed by atoms with van der Waals surface area (Å²) in [6, 6.07) is 13.0. The van der Waals surface area contributed by atoms with Crippen LogP contribution in [0.25, 0.3) is 12.2 Å². The molecule has 4 N–H and O–H groups in total. The zero-order valence-corrected chi connectivity index (χ0v) is 17.2. The van der Waals surface area contributed by atoms with Crippen LogP contribution in [0.5, 0.6) is 0 Å². The van der Waals surface area contributed by atoms with Crippen molar-refractivity contribution in [2.24, 2.45) is 5.41 Å². The van der Waals surface area contributed by atoms with E-state index >= 15 is 0 Å². The zero-order chi connectivity index (χ0) is 23.7. The molecule has 0 atom stereocenters. The average molecular weight is 440 g/mol. The summed E-state index contributed by atoms with van der Waals surface area (Å²) in [7, 11) is 0. The van der Waals surface area contributed by atoms with Crippen LogP contribution < -0.4 is 0 Å². The first-order chi connectivity index (χ1) is 15.2. The average Bonchev–Trinajstić information content (AvgIpc) is 2.79. The highest BCUT2D eigenvalue weighted by molar-refractivity contribution is 5.98. The van der Waals surface area contributed by atoms with Crippen LogP contribution >= 0.6 is 0 Å². The number of hydrogen-bond donors (Lipinski definition) is 4. The van der Waals surface area contributed by atoms with Gasteiger partial charge in [-0.05, 0) is 48.2 Å². The van der Waals surface area contributed by atoms with Gasteiger partial charge in [-0.15, -0.1) is 0 Å². The van der Waals surface area contributed by atoms with E-state index in [0.29, 0.717) is 12.8 Å². The molecule has 0 radical (unpaired) electrons. The number of carboxylic acid groups (broad SMARTS) is 4. The molecule has 0 unspecified atom stereocenters. The maximum absolute atomic E-state index is 10.7. The molecular formula is C24H24O8. The third-order valence-corrected chi connectivity index (χ3v) is 5.31. The number of aliphatic carboxylic acids is 2. The van der Waals surface area contributed by atoms with Crippen molar-refractivity contribution >= 4 is 36.0 Å². The third-order valence-electron chi connectivity index (χ3n) is 5.31. The van der Waals surface area contributed by atoms with Crippen LogP contribution in [0.15, 0.2) is 48.5 Å². The predicted octanol–water partition coefficient (Wildman–Crippen LogP) is 4.36. The van der Waals surface area contributed by atoms with Crippen molar-refractivity contribution in [2.75, 3.05) is 0 Å². The van der Waals surface area contributed by atoms with Crippen LogP contribution in [-0.4, -0.2) is 44.3 Å². The fourth-order valence-electron chi connectivity index (χ4n) is 3.34. The summed E-state index contributed by atoms with van der Waals surface area (Å²) in [5.74, 6) is -4.28. The van der Waals surface area contributed by atoms with Crippen LogP contribution in [0.1, 0.15) is 63.9 Å². The molecule has 1 aliphatic rings. The molecule has 2 aromatic carbocycles. The molecule has 0 saturated heterocycles. The first kappa shape index (κ1) is 24.3. The number of hydrogen-bond acceptors (Lipinski definition) is 4. The van der Waals surface area contributed by atoms with E-state index in [4.69, 9.17) is 20.4 Å². The lowest BCUT2D eigenvalue weighted by molar-refractivity contribution is -0.167. The number of rotatable bonds is 6. The van der Waals surface area contributed by atoms with Gasteiger partial charge in [0.1, 0.15) is 0 Å². The minimum atomic E-state index is -1.49. The molecule has 2 aromatic rings. The van der Waals surface area contributed by atoms with E-state index in [1.807, 2.05) is 12.2 Å². The lowest BCUT2D eigenvalue weighted by atomic mass is 9.74. The van der Waals surface area contributed by atoms with E-state index in [1.165, 1.54) is 24.3 Å². The van der Waals surface area contributed by atoms with Crippen LogP contribution in [0.4, 0.5) is 0 Å². The molecule has 0 aliphatic heterocycles. The SMILES string of the molecule is O=C(O)C1(C(=O)O)CCCCC1.O=C(O)c1ccc(/C=C/c2ccc(C(=O)O)cc2)cc1. The number of carboxylic acids is 4. The van der Waals surface area contributed by atoms with E-state index in [9.17, 15) is 19.2 Å². The van der Waals surface area contributed by atoms with E-state index < -0.39 is 29.3 Å². The van der Waals surface area contributed by atoms with Gasteiger partial charge in [-0.1, -0.05) is 55.7 Å². The van der Waals surface area contributed by atoms with Gasteiger partial charge in [0, 0.05) is 0 Å². The second-order valence-electron chi connectivity index (χ2n) is 7.44. The lowest BCUT2D eigenvalue weighted by Gasteiger charge is -2.28. The highest BCUT2D eigenvalue weighted by Crippen LogP contribution is 2.36. The summed E-state index contributed by atoms with van der Waals surface area (Å²) in [6.07, 6.45) is 6.58. The molecular weight excluding hydrogens is 416 g/mol.